The molecule has 0 fully saturated rings. The van der Waals surface area contributed by atoms with Crippen LogP contribution >= 0.6 is 11.3 Å². The van der Waals surface area contributed by atoms with E-state index in [4.69, 9.17) is 15.7 Å². The number of hydrazine groups is 1. The zero-order valence-electron chi connectivity index (χ0n) is 9.09. The topological polar surface area (TPSA) is 80.4 Å². The molecule has 0 spiro atoms. The van der Waals surface area contributed by atoms with E-state index in [1.807, 2.05) is 24.3 Å². The summed E-state index contributed by atoms with van der Waals surface area (Å²) in [6, 6.07) is 7.31. The number of hydrogen-bond acceptors (Lipinski definition) is 6. The van der Waals surface area contributed by atoms with Crippen LogP contribution in [0.25, 0.3) is 0 Å². The summed E-state index contributed by atoms with van der Waals surface area (Å²) >= 11 is 1.45. The van der Waals surface area contributed by atoms with Gasteiger partial charge in [-0.3, -0.25) is 5.43 Å². The van der Waals surface area contributed by atoms with E-state index in [1.54, 1.807) is 6.20 Å². The fourth-order valence-corrected chi connectivity index (χ4v) is 1.92. The largest absolute Gasteiger partial charge is 0.488 e. The molecule has 90 valence electrons. The molecule has 0 aliphatic carbocycles. The Morgan fingerprint density at radius 3 is 2.71 bits per heavy atom. The normalized spacial score (nSPS) is 10.2. The number of hydrogen-bond donors (Lipinski definition) is 3. The third-order valence-corrected chi connectivity index (χ3v) is 3.07. The van der Waals surface area contributed by atoms with E-state index in [9.17, 15) is 0 Å². The third kappa shape index (κ3) is 3.16. The minimum absolute atomic E-state index is 0.0423. The molecular formula is C11H13N3O2S. The number of nitrogens with one attached hydrogen (secondary N) is 1. The zero-order chi connectivity index (χ0) is 12.1. The van der Waals surface area contributed by atoms with E-state index < -0.39 is 0 Å². The van der Waals surface area contributed by atoms with Gasteiger partial charge in [0.05, 0.1) is 11.5 Å². The smallest absolute Gasteiger partial charge is 0.197 e. The van der Waals surface area contributed by atoms with Crippen LogP contribution in [0.2, 0.25) is 0 Å². The molecule has 1 aromatic heterocycles. The highest BCUT2D eigenvalue weighted by Gasteiger charge is 2.01. The van der Waals surface area contributed by atoms with E-state index in [2.05, 4.69) is 10.4 Å². The van der Waals surface area contributed by atoms with E-state index in [0.717, 1.165) is 16.2 Å². The summed E-state index contributed by atoms with van der Waals surface area (Å²) in [5.74, 6) is 6.00. The van der Waals surface area contributed by atoms with Crippen LogP contribution < -0.4 is 16.0 Å². The van der Waals surface area contributed by atoms with Gasteiger partial charge in [0, 0.05) is 6.20 Å². The van der Waals surface area contributed by atoms with Gasteiger partial charge in [-0.1, -0.05) is 23.5 Å². The second kappa shape index (κ2) is 5.62. The maximum Gasteiger partial charge on any atom is 0.197 e. The predicted molar refractivity (Wildman–Crippen MR) is 66.6 cm³/mol. The van der Waals surface area contributed by atoms with Crippen molar-refractivity contribution in [2.24, 2.45) is 5.84 Å². The number of thiazole rings is 1. The number of benzene rings is 1. The van der Waals surface area contributed by atoms with E-state index in [-0.39, 0.29) is 6.61 Å². The second-order valence-electron chi connectivity index (χ2n) is 3.37. The van der Waals surface area contributed by atoms with Crippen LogP contribution in [-0.2, 0) is 13.2 Å². The van der Waals surface area contributed by atoms with Crippen molar-refractivity contribution in [2.75, 3.05) is 5.43 Å². The van der Waals surface area contributed by atoms with E-state index in [0.29, 0.717) is 11.7 Å². The Morgan fingerprint density at radius 2 is 2.12 bits per heavy atom. The van der Waals surface area contributed by atoms with Gasteiger partial charge in [-0.2, -0.15) is 0 Å². The number of nitrogens with zero attached hydrogens (tertiary/aromatic N) is 1. The van der Waals surface area contributed by atoms with Crippen LogP contribution in [0.15, 0.2) is 30.5 Å². The molecular weight excluding hydrogens is 238 g/mol. The highest BCUT2D eigenvalue weighted by molar-refractivity contribution is 7.15. The number of anilines is 1. The van der Waals surface area contributed by atoms with Crippen molar-refractivity contribution in [1.29, 1.82) is 0 Å². The molecule has 0 aliphatic rings. The molecule has 17 heavy (non-hydrogen) atoms. The lowest BCUT2D eigenvalue weighted by atomic mass is 10.2. The Bertz CT molecular complexity index is 470. The first kappa shape index (κ1) is 11.8. The fourth-order valence-electron chi connectivity index (χ4n) is 1.29. The number of ether oxygens (including phenoxy) is 1. The molecule has 4 N–H and O–H groups in total. The minimum atomic E-state index is 0.0423. The second-order valence-corrected chi connectivity index (χ2v) is 4.48. The first-order valence-electron chi connectivity index (χ1n) is 5.05. The van der Waals surface area contributed by atoms with Gasteiger partial charge in [-0.05, 0) is 17.7 Å². The van der Waals surface area contributed by atoms with E-state index >= 15 is 0 Å². The number of aliphatic hydroxyl groups excluding tert-OH is 1. The molecule has 2 aromatic rings. The van der Waals surface area contributed by atoms with Gasteiger partial charge >= 0.3 is 0 Å². The molecule has 6 heteroatoms. The predicted octanol–water partition coefficient (Wildman–Crippen LogP) is 1.50. The lowest BCUT2D eigenvalue weighted by Crippen LogP contribution is -2.05. The van der Waals surface area contributed by atoms with Crippen LogP contribution in [0.4, 0.5) is 5.13 Å². The first-order valence-corrected chi connectivity index (χ1v) is 5.87. The highest BCUT2D eigenvalue weighted by atomic mass is 32.1. The monoisotopic (exact) mass is 251 g/mol. The van der Waals surface area contributed by atoms with Crippen molar-refractivity contribution in [1.82, 2.24) is 4.98 Å². The van der Waals surface area contributed by atoms with Gasteiger partial charge < -0.3 is 9.84 Å². The van der Waals surface area contributed by atoms with Gasteiger partial charge in [0.15, 0.2) is 5.13 Å². The molecule has 0 radical (unpaired) electrons. The molecule has 1 heterocycles. The van der Waals surface area contributed by atoms with Crippen LogP contribution in [0.5, 0.6) is 5.75 Å². The summed E-state index contributed by atoms with van der Waals surface area (Å²) < 4.78 is 5.57. The summed E-state index contributed by atoms with van der Waals surface area (Å²) in [4.78, 5) is 5.03. The minimum Gasteiger partial charge on any atom is -0.488 e. The number of aliphatic hydroxyl groups is 1. The number of rotatable bonds is 5. The van der Waals surface area contributed by atoms with Gasteiger partial charge in [0.2, 0.25) is 0 Å². The number of nitrogen functional groups attached to an aromatic ring is 1. The Balaban J connectivity index is 1.92. The molecule has 2 rings (SSSR count). The highest BCUT2D eigenvalue weighted by Crippen LogP contribution is 2.19. The number of aromatic nitrogens is 1. The zero-order valence-corrected chi connectivity index (χ0v) is 9.91. The quantitative estimate of drug-likeness (QED) is 0.554. The average molecular weight is 251 g/mol. The summed E-state index contributed by atoms with van der Waals surface area (Å²) in [6.07, 6.45) is 1.72. The summed E-state index contributed by atoms with van der Waals surface area (Å²) in [6.45, 7) is 0.498. The summed E-state index contributed by atoms with van der Waals surface area (Å²) in [5, 5.41) is 9.57. The maximum atomic E-state index is 8.90. The molecule has 0 bridgehead atoms. The van der Waals surface area contributed by atoms with Crippen LogP contribution in [0.1, 0.15) is 10.4 Å². The van der Waals surface area contributed by atoms with Crippen molar-refractivity contribution in [2.45, 2.75) is 13.2 Å². The SMILES string of the molecule is NNc1ncc(COc2ccc(CO)cc2)s1. The molecule has 0 saturated heterocycles. The summed E-state index contributed by atoms with van der Waals surface area (Å²) in [5.41, 5.74) is 3.35. The van der Waals surface area contributed by atoms with Crippen molar-refractivity contribution < 1.29 is 9.84 Å². The molecule has 1 aromatic carbocycles. The first-order chi connectivity index (χ1) is 8.31. The van der Waals surface area contributed by atoms with Crippen molar-refractivity contribution in [3.8, 4) is 5.75 Å². The van der Waals surface area contributed by atoms with Crippen molar-refractivity contribution >= 4 is 16.5 Å². The Morgan fingerprint density at radius 1 is 1.35 bits per heavy atom. The Kier molecular flexibility index (Phi) is 3.92. The maximum absolute atomic E-state index is 8.90. The van der Waals surface area contributed by atoms with Crippen molar-refractivity contribution in [3.63, 3.8) is 0 Å². The van der Waals surface area contributed by atoms with Crippen LogP contribution in [0.3, 0.4) is 0 Å². The molecule has 0 aliphatic heterocycles. The Hall–Kier alpha value is -1.63. The molecule has 0 unspecified atom stereocenters. The van der Waals surface area contributed by atoms with Gasteiger partial charge in [0.25, 0.3) is 0 Å². The fraction of sp³-hybridized carbons (Fsp3) is 0.182. The number of nitrogens with two attached hydrogens (primary N) is 1. The Labute approximate surface area is 103 Å². The third-order valence-electron chi connectivity index (χ3n) is 2.16. The lowest BCUT2D eigenvalue weighted by molar-refractivity contribution is 0.281. The molecule has 5 nitrogen and oxygen atoms in total. The molecule has 0 saturated carbocycles. The molecule has 0 atom stereocenters. The van der Waals surface area contributed by atoms with E-state index in [1.165, 1.54) is 11.3 Å². The van der Waals surface area contributed by atoms with Crippen molar-refractivity contribution in [3.05, 3.63) is 40.9 Å². The standard InChI is InChI=1S/C11H13N3O2S/c12-14-11-13-5-10(17-11)7-16-9-3-1-8(6-15)2-4-9/h1-5,15H,6-7,12H2,(H,13,14). The van der Waals surface area contributed by atoms with Gasteiger partial charge in [-0.25, -0.2) is 10.8 Å². The van der Waals surface area contributed by atoms with Gasteiger partial charge in [-0.15, -0.1) is 0 Å². The van der Waals surface area contributed by atoms with Crippen LogP contribution in [-0.4, -0.2) is 10.1 Å². The van der Waals surface area contributed by atoms with Gasteiger partial charge in [0.1, 0.15) is 12.4 Å². The summed E-state index contributed by atoms with van der Waals surface area (Å²) in [7, 11) is 0. The molecule has 0 amide bonds. The lowest BCUT2D eigenvalue weighted by Gasteiger charge is -2.04. The average Bonchev–Trinajstić information content (AvgIpc) is 2.85. The van der Waals surface area contributed by atoms with Crippen LogP contribution in [0, 0.1) is 0 Å².